The second-order valence-corrected chi connectivity index (χ2v) is 17.1. The molecule has 0 amide bonds. The van der Waals surface area contributed by atoms with Crippen molar-refractivity contribution in [3.8, 4) is 0 Å². The van der Waals surface area contributed by atoms with Crippen LogP contribution in [-0.4, -0.2) is 257 Å². The third-order valence-electron chi connectivity index (χ3n) is 12.6. The molecule has 2 saturated carbocycles. The number of aliphatic hydroxyl groups excluding tert-OH is 14. The summed E-state index contributed by atoms with van der Waals surface area (Å²) in [6, 6.07) is -3.69. The number of rotatable bonds is 12. The Balaban J connectivity index is 0.000000234. The summed E-state index contributed by atoms with van der Waals surface area (Å²) in [4.78, 5) is 0. The van der Waals surface area contributed by atoms with E-state index in [9.17, 15) is 71.5 Å². The number of nitrogens with two attached hydrogens (primary N) is 4. The van der Waals surface area contributed by atoms with Crippen LogP contribution in [0.15, 0.2) is 0 Å². The molecule has 4 aliphatic heterocycles. The van der Waals surface area contributed by atoms with Crippen molar-refractivity contribution in [3.63, 3.8) is 0 Å². The highest BCUT2D eigenvalue weighted by atomic mass is 16.7. The summed E-state index contributed by atoms with van der Waals surface area (Å²) in [5, 5.41) is 139. The van der Waals surface area contributed by atoms with Crippen LogP contribution in [0.1, 0.15) is 26.7 Å². The SMILES string of the molecule is CC1CC(N)[C@@H](O[C@H]2OC(CO)[C@@H](O)[C@H](O)C2N)[C@H](O)[C@@H]1O[C@@H]1O[C@H](CO)[C@H](O)C1O.CC1CC(N)[C@@H](O[C@H]2OC(CO)[C@@H](O)[C@H](O)C2N)[C@H](O[C@@H]2O[C@H](CO)[C@H](O)C2O)[C@@H]1O. The first kappa shape index (κ1) is 51.9. The minimum atomic E-state index is -1.48. The van der Waals surface area contributed by atoms with Crippen LogP contribution in [0, 0.1) is 11.8 Å². The highest BCUT2D eigenvalue weighted by molar-refractivity contribution is 5.01. The summed E-state index contributed by atoms with van der Waals surface area (Å²) in [6.07, 6.45) is -26.8. The van der Waals surface area contributed by atoms with Gasteiger partial charge >= 0.3 is 0 Å². The maximum absolute atomic E-state index is 10.9. The van der Waals surface area contributed by atoms with E-state index in [1.54, 1.807) is 13.8 Å². The molecule has 6 fully saturated rings. The molecule has 6 rings (SSSR count). The third-order valence-corrected chi connectivity index (χ3v) is 12.6. The van der Waals surface area contributed by atoms with Crippen molar-refractivity contribution in [3.05, 3.63) is 0 Å². The number of ether oxygens (including phenoxy) is 8. The molecule has 0 spiro atoms. The Morgan fingerprint density at radius 1 is 0.371 bits per heavy atom. The van der Waals surface area contributed by atoms with Crippen molar-refractivity contribution >= 4 is 0 Å². The topological polar surface area (TPSA) is 461 Å². The monoisotopic (exact) mass is 908 g/mol. The highest BCUT2D eigenvalue weighted by Gasteiger charge is 2.54. The van der Waals surface area contributed by atoms with Crippen molar-refractivity contribution in [2.45, 2.75) is 186 Å². The number of hydrogen-bond donors (Lipinski definition) is 18. The van der Waals surface area contributed by atoms with Crippen LogP contribution in [-0.2, 0) is 37.9 Å². The number of aliphatic hydroxyl groups is 14. The van der Waals surface area contributed by atoms with Gasteiger partial charge in [-0.1, -0.05) is 13.8 Å². The molecule has 26 nitrogen and oxygen atoms in total. The van der Waals surface area contributed by atoms with Gasteiger partial charge in [0, 0.05) is 12.1 Å². The Morgan fingerprint density at radius 2 is 0.694 bits per heavy atom. The molecule has 0 bridgehead atoms. The Hall–Kier alpha value is -1.04. The smallest absolute Gasteiger partial charge is 0.187 e. The van der Waals surface area contributed by atoms with Gasteiger partial charge in [0.1, 0.15) is 97.7 Å². The minimum Gasteiger partial charge on any atom is -0.394 e. The molecule has 6 aliphatic rings. The molecular weight excluding hydrogens is 840 g/mol. The Bertz CT molecular complexity index is 1370. The van der Waals surface area contributed by atoms with E-state index >= 15 is 0 Å². The summed E-state index contributed by atoms with van der Waals surface area (Å²) >= 11 is 0. The van der Waals surface area contributed by atoms with Crippen molar-refractivity contribution in [2.75, 3.05) is 26.4 Å². The van der Waals surface area contributed by atoms with E-state index in [-0.39, 0.29) is 11.8 Å². The molecule has 62 heavy (non-hydrogen) atoms. The molecule has 22 N–H and O–H groups in total. The van der Waals surface area contributed by atoms with E-state index in [4.69, 9.17) is 60.8 Å². The van der Waals surface area contributed by atoms with Gasteiger partial charge in [0.25, 0.3) is 0 Å². The van der Waals surface area contributed by atoms with Gasteiger partial charge in [-0.05, 0) is 24.7 Å². The Morgan fingerprint density at radius 3 is 1.11 bits per heavy atom. The quantitative estimate of drug-likeness (QED) is 0.0864. The fraction of sp³-hybridized carbons (Fsp3) is 1.00. The molecule has 28 atom stereocenters. The van der Waals surface area contributed by atoms with Crippen LogP contribution in [0.4, 0.5) is 0 Å². The Kier molecular flexibility index (Phi) is 18.6. The van der Waals surface area contributed by atoms with Gasteiger partial charge in [-0.15, -0.1) is 0 Å². The highest BCUT2D eigenvalue weighted by Crippen LogP contribution is 2.36. The predicted octanol–water partition coefficient (Wildman–Crippen LogP) is -10.6. The maximum Gasteiger partial charge on any atom is 0.187 e. The molecule has 26 heteroatoms. The molecule has 364 valence electrons. The standard InChI is InChI=1S/2C18H34N2O11/c1-5-2-6(19)16(31-17-9(20)12(25)10(23)7(3-21)28-17)14(27)15(5)30-18-13(26)11(24)8(4-22)29-18;1-5-2-6(19)15(30-17-9(20)13(26)11(24)7(3-21)28-17)16(10(5)23)31-18-14(27)12(25)8(4-22)29-18/h2*5-18,21-27H,2-4,19-20H2,1H3/t5?,6?,7?,8-,9?,10-,11+,12-,13?,14-,15-,16-,17-,18+;5?,6?,7?,8-,9?,10-,11-,12+,13-,14?,15-,16-,17-,18+/m11/s1. The van der Waals surface area contributed by atoms with Gasteiger partial charge in [0.05, 0.1) is 50.7 Å². The van der Waals surface area contributed by atoms with Crippen LogP contribution in [0.3, 0.4) is 0 Å². The molecule has 0 aromatic heterocycles. The second kappa shape index (κ2) is 22.2. The fourth-order valence-electron chi connectivity index (χ4n) is 8.70. The van der Waals surface area contributed by atoms with Crippen molar-refractivity contribution in [1.29, 1.82) is 0 Å². The molecular formula is C36H68N4O22. The lowest BCUT2D eigenvalue weighted by Gasteiger charge is -2.47. The lowest BCUT2D eigenvalue weighted by Crippen LogP contribution is -2.66. The van der Waals surface area contributed by atoms with E-state index in [2.05, 4.69) is 0 Å². The van der Waals surface area contributed by atoms with Crippen LogP contribution in [0.25, 0.3) is 0 Å². The molecule has 0 radical (unpaired) electrons. The Labute approximate surface area is 356 Å². The predicted molar refractivity (Wildman–Crippen MR) is 202 cm³/mol. The summed E-state index contributed by atoms with van der Waals surface area (Å²) in [6.45, 7) is 1.28. The van der Waals surface area contributed by atoms with E-state index in [0.717, 1.165) is 0 Å². The first-order chi connectivity index (χ1) is 29.2. The zero-order chi connectivity index (χ0) is 46.1. The lowest BCUT2D eigenvalue weighted by molar-refractivity contribution is -0.312. The van der Waals surface area contributed by atoms with Crippen molar-refractivity contribution < 1.29 is 109 Å². The van der Waals surface area contributed by atoms with Gasteiger partial charge in [-0.3, -0.25) is 0 Å². The van der Waals surface area contributed by atoms with Gasteiger partial charge in [0.2, 0.25) is 0 Å². The molecule has 10 unspecified atom stereocenters. The summed E-state index contributed by atoms with van der Waals surface area (Å²) in [7, 11) is 0. The molecule has 0 aromatic carbocycles. The fourth-order valence-corrected chi connectivity index (χ4v) is 8.70. The zero-order valence-corrected chi connectivity index (χ0v) is 34.2. The molecule has 4 heterocycles. The van der Waals surface area contributed by atoms with Crippen molar-refractivity contribution in [2.24, 2.45) is 34.8 Å². The first-order valence-electron chi connectivity index (χ1n) is 20.7. The van der Waals surface area contributed by atoms with Gasteiger partial charge in [-0.2, -0.15) is 0 Å². The zero-order valence-electron chi connectivity index (χ0n) is 34.2. The van der Waals surface area contributed by atoms with E-state index in [1.807, 2.05) is 0 Å². The van der Waals surface area contributed by atoms with Crippen LogP contribution in [0.5, 0.6) is 0 Å². The second-order valence-electron chi connectivity index (χ2n) is 17.1. The number of hydrogen-bond acceptors (Lipinski definition) is 26. The molecule has 0 aromatic rings. The average molecular weight is 909 g/mol. The van der Waals surface area contributed by atoms with E-state index in [1.165, 1.54) is 0 Å². The third kappa shape index (κ3) is 10.9. The normalized spacial score (nSPS) is 53.6. The van der Waals surface area contributed by atoms with Gasteiger partial charge in [0.15, 0.2) is 25.2 Å². The largest absolute Gasteiger partial charge is 0.394 e. The summed E-state index contributed by atoms with van der Waals surface area (Å²) in [5.74, 6) is -0.597. The van der Waals surface area contributed by atoms with E-state index < -0.39 is 186 Å². The van der Waals surface area contributed by atoms with Gasteiger partial charge in [-0.25, -0.2) is 0 Å². The van der Waals surface area contributed by atoms with E-state index in [0.29, 0.717) is 12.8 Å². The lowest BCUT2D eigenvalue weighted by atomic mass is 9.80. The summed E-state index contributed by atoms with van der Waals surface area (Å²) < 4.78 is 44.7. The van der Waals surface area contributed by atoms with Crippen LogP contribution in [0.2, 0.25) is 0 Å². The van der Waals surface area contributed by atoms with Crippen molar-refractivity contribution in [1.82, 2.24) is 0 Å². The average Bonchev–Trinajstić information content (AvgIpc) is 3.68. The minimum absolute atomic E-state index is 0.287. The van der Waals surface area contributed by atoms with Crippen LogP contribution < -0.4 is 22.9 Å². The molecule has 2 aliphatic carbocycles. The first-order valence-corrected chi connectivity index (χ1v) is 20.7. The summed E-state index contributed by atoms with van der Waals surface area (Å²) in [5.41, 5.74) is 24.2. The molecule has 4 saturated heterocycles. The maximum atomic E-state index is 10.9. The van der Waals surface area contributed by atoms with Crippen LogP contribution >= 0.6 is 0 Å². The van der Waals surface area contributed by atoms with Gasteiger partial charge < -0.3 is 132 Å².